The largest absolute Gasteiger partial charge is 0.465 e. The molecule has 0 aliphatic heterocycles. The number of pyridine rings is 1. The lowest BCUT2D eigenvalue weighted by Gasteiger charge is -1.99. The third kappa shape index (κ3) is 1.47. The molecule has 0 saturated carbocycles. The van der Waals surface area contributed by atoms with Crippen molar-refractivity contribution in [3.8, 4) is 0 Å². The van der Waals surface area contributed by atoms with Gasteiger partial charge in [-0.15, -0.1) is 0 Å². The Labute approximate surface area is 94.0 Å². The number of aromatic nitrogens is 2. The van der Waals surface area contributed by atoms with Gasteiger partial charge in [-0.25, -0.2) is 9.78 Å². The number of nitrogens with zero attached hydrogens (tertiary/aromatic N) is 2. The van der Waals surface area contributed by atoms with Crippen LogP contribution in [0, 0.1) is 3.70 Å². The molecule has 0 saturated heterocycles. The summed E-state index contributed by atoms with van der Waals surface area (Å²) in [7, 11) is 1.37. The molecule has 0 aromatic carbocycles. The Kier molecular flexibility index (Phi) is 2.40. The molecule has 0 aliphatic rings. The number of ether oxygens (including phenoxy) is 1. The summed E-state index contributed by atoms with van der Waals surface area (Å²) in [6.45, 7) is 0. The first-order valence-electron chi connectivity index (χ1n) is 3.93. The van der Waals surface area contributed by atoms with Crippen molar-refractivity contribution >= 4 is 34.1 Å². The third-order valence-electron chi connectivity index (χ3n) is 1.91. The maximum Gasteiger partial charge on any atom is 0.339 e. The van der Waals surface area contributed by atoms with Crippen LogP contribution in [0.3, 0.4) is 0 Å². The summed E-state index contributed by atoms with van der Waals surface area (Å²) in [4.78, 5) is 15.3. The highest BCUT2D eigenvalue weighted by atomic mass is 127. The van der Waals surface area contributed by atoms with Gasteiger partial charge in [-0.2, -0.15) is 0 Å². The third-order valence-corrected chi connectivity index (χ3v) is 2.74. The Hall–Kier alpha value is -1.11. The van der Waals surface area contributed by atoms with Crippen molar-refractivity contribution in [3.63, 3.8) is 0 Å². The van der Waals surface area contributed by atoms with Crippen LogP contribution in [-0.2, 0) is 4.74 Å². The van der Waals surface area contributed by atoms with Crippen LogP contribution in [0.2, 0.25) is 0 Å². The zero-order valence-electron chi connectivity index (χ0n) is 7.40. The molecule has 0 atom stereocenters. The summed E-state index contributed by atoms with van der Waals surface area (Å²) < 4.78 is 7.33. The van der Waals surface area contributed by atoms with E-state index in [1.165, 1.54) is 7.11 Å². The molecule has 0 amide bonds. The molecule has 4 nitrogen and oxygen atoms in total. The van der Waals surface area contributed by atoms with E-state index < -0.39 is 0 Å². The number of imidazole rings is 1. The summed E-state index contributed by atoms with van der Waals surface area (Å²) >= 11 is 2.14. The monoisotopic (exact) mass is 302 g/mol. The second kappa shape index (κ2) is 3.56. The molecule has 0 fully saturated rings. The summed E-state index contributed by atoms with van der Waals surface area (Å²) in [5.41, 5.74) is 1.51. The van der Waals surface area contributed by atoms with Crippen LogP contribution in [0.4, 0.5) is 0 Å². The molecule has 0 spiro atoms. The Morgan fingerprint density at radius 1 is 1.57 bits per heavy atom. The van der Waals surface area contributed by atoms with Crippen LogP contribution in [0.5, 0.6) is 0 Å². The lowest BCUT2D eigenvalue weighted by molar-refractivity contribution is 0.0600. The fourth-order valence-electron chi connectivity index (χ4n) is 1.21. The van der Waals surface area contributed by atoms with E-state index in [2.05, 4.69) is 32.3 Å². The van der Waals surface area contributed by atoms with Gasteiger partial charge in [0.15, 0.2) is 0 Å². The second-order valence-corrected chi connectivity index (χ2v) is 3.76. The molecule has 0 aliphatic carbocycles. The molecule has 5 heteroatoms. The van der Waals surface area contributed by atoms with Crippen LogP contribution in [0.25, 0.3) is 5.52 Å². The van der Waals surface area contributed by atoms with Gasteiger partial charge in [0.25, 0.3) is 0 Å². The minimum Gasteiger partial charge on any atom is -0.465 e. The van der Waals surface area contributed by atoms with Gasteiger partial charge in [0.1, 0.15) is 10.0 Å². The average Bonchev–Trinajstić information content (AvgIpc) is 2.59. The van der Waals surface area contributed by atoms with Crippen LogP contribution in [-0.4, -0.2) is 22.5 Å². The van der Waals surface area contributed by atoms with E-state index in [0.717, 1.165) is 9.22 Å². The van der Waals surface area contributed by atoms with E-state index in [1.54, 1.807) is 23.0 Å². The highest BCUT2D eigenvalue weighted by molar-refractivity contribution is 14.1. The van der Waals surface area contributed by atoms with Crippen LogP contribution in [0.1, 0.15) is 10.4 Å². The highest BCUT2D eigenvalue weighted by Gasteiger charge is 2.07. The quantitative estimate of drug-likeness (QED) is 0.595. The number of methoxy groups -OCH3 is 1. The van der Waals surface area contributed by atoms with E-state index in [9.17, 15) is 4.79 Å². The molecular formula is C9H7IN2O2. The molecule has 2 heterocycles. The Morgan fingerprint density at radius 2 is 2.36 bits per heavy atom. The van der Waals surface area contributed by atoms with Gasteiger partial charge in [-0.3, -0.25) is 0 Å². The molecular weight excluding hydrogens is 295 g/mol. The predicted molar refractivity (Wildman–Crippen MR) is 59.2 cm³/mol. The Morgan fingerprint density at radius 3 is 3.07 bits per heavy atom. The summed E-state index contributed by atoms with van der Waals surface area (Å²) in [5, 5.41) is 0. The highest BCUT2D eigenvalue weighted by Crippen LogP contribution is 2.13. The molecule has 0 unspecified atom stereocenters. The summed E-state index contributed by atoms with van der Waals surface area (Å²) in [6, 6.07) is 3.58. The van der Waals surface area contributed by atoms with Gasteiger partial charge in [0.2, 0.25) is 0 Å². The lowest BCUT2D eigenvalue weighted by atomic mass is 10.3. The molecule has 72 valence electrons. The van der Waals surface area contributed by atoms with Crippen molar-refractivity contribution in [3.05, 3.63) is 33.9 Å². The Bertz CT molecular complexity index is 493. The zero-order valence-corrected chi connectivity index (χ0v) is 9.56. The minimum absolute atomic E-state index is 0.337. The standard InChI is InChI=1S/C9H7IN2O2/c1-14-9(13)6-2-3-7-8(10)11-5-12(7)4-6/h2-5H,1H3. The first kappa shape index (κ1) is 9.45. The summed E-state index contributed by atoms with van der Waals surface area (Å²) in [6.07, 6.45) is 3.37. The number of fused-ring (bicyclic) bond motifs is 1. The Balaban J connectivity index is 2.57. The summed E-state index contributed by atoms with van der Waals surface area (Å²) in [5.74, 6) is -0.337. The number of halogens is 1. The molecule has 0 radical (unpaired) electrons. The number of carbonyl (C=O) groups is 1. The van der Waals surface area contributed by atoms with Crippen LogP contribution < -0.4 is 0 Å². The first-order valence-corrected chi connectivity index (χ1v) is 5.01. The number of carbonyl (C=O) groups excluding carboxylic acids is 1. The van der Waals surface area contributed by atoms with Crippen LogP contribution in [0.15, 0.2) is 24.7 Å². The maximum atomic E-state index is 11.2. The molecule has 2 rings (SSSR count). The van der Waals surface area contributed by atoms with Crippen molar-refractivity contribution in [2.75, 3.05) is 7.11 Å². The SMILES string of the molecule is COC(=O)c1ccc2c(I)ncn2c1. The maximum absolute atomic E-state index is 11.2. The fourth-order valence-corrected chi connectivity index (χ4v) is 1.79. The fraction of sp³-hybridized carbons (Fsp3) is 0.111. The number of rotatable bonds is 1. The lowest BCUT2D eigenvalue weighted by Crippen LogP contribution is -2.02. The molecule has 14 heavy (non-hydrogen) atoms. The topological polar surface area (TPSA) is 43.6 Å². The van der Waals surface area contributed by atoms with Crippen molar-refractivity contribution < 1.29 is 9.53 Å². The predicted octanol–water partition coefficient (Wildman–Crippen LogP) is 1.73. The van der Waals surface area contributed by atoms with Gasteiger partial charge in [0.05, 0.1) is 18.2 Å². The number of hydrogen-bond acceptors (Lipinski definition) is 3. The minimum atomic E-state index is -0.337. The first-order chi connectivity index (χ1) is 6.72. The number of esters is 1. The normalized spacial score (nSPS) is 10.4. The zero-order chi connectivity index (χ0) is 10.1. The van der Waals surface area contributed by atoms with E-state index in [1.807, 2.05) is 6.07 Å². The van der Waals surface area contributed by atoms with E-state index >= 15 is 0 Å². The van der Waals surface area contributed by atoms with Gasteiger partial charge in [-0.1, -0.05) is 0 Å². The molecule has 2 aromatic heterocycles. The van der Waals surface area contributed by atoms with Crippen LogP contribution >= 0.6 is 22.6 Å². The van der Waals surface area contributed by atoms with Crippen molar-refractivity contribution in [1.82, 2.24) is 9.38 Å². The average molecular weight is 302 g/mol. The van der Waals surface area contributed by atoms with Crippen molar-refractivity contribution in [2.45, 2.75) is 0 Å². The number of hydrogen-bond donors (Lipinski definition) is 0. The van der Waals surface area contributed by atoms with Gasteiger partial charge < -0.3 is 9.14 Å². The van der Waals surface area contributed by atoms with Gasteiger partial charge in [-0.05, 0) is 34.7 Å². The van der Waals surface area contributed by atoms with Gasteiger partial charge in [0, 0.05) is 6.20 Å². The van der Waals surface area contributed by atoms with Gasteiger partial charge >= 0.3 is 5.97 Å². The van der Waals surface area contributed by atoms with Crippen molar-refractivity contribution in [1.29, 1.82) is 0 Å². The van der Waals surface area contributed by atoms with E-state index in [0.29, 0.717) is 5.56 Å². The molecule has 2 aromatic rings. The van der Waals surface area contributed by atoms with Crippen molar-refractivity contribution in [2.24, 2.45) is 0 Å². The van der Waals surface area contributed by atoms with E-state index in [4.69, 9.17) is 0 Å². The smallest absolute Gasteiger partial charge is 0.339 e. The second-order valence-electron chi connectivity index (χ2n) is 2.74. The molecule has 0 bridgehead atoms. The molecule has 0 N–H and O–H groups in total. The van der Waals surface area contributed by atoms with E-state index in [-0.39, 0.29) is 5.97 Å².